The SMILES string of the molecule is Cc1cc(Nc2ccc(C(=O)O)c(F)c2)nc(C(C)C)n1. The highest BCUT2D eigenvalue weighted by Crippen LogP contribution is 2.20. The van der Waals surface area contributed by atoms with Crippen LogP contribution < -0.4 is 5.32 Å². The normalized spacial score (nSPS) is 10.7. The number of anilines is 2. The van der Waals surface area contributed by atoms with Crippen molar-refractivity contribution in [1.82, 2.24) is 9.97 Å². The van der Waals surface area contributed by atoms with E-state index in [9.17, 15) is 9.18 Å². The Morgan fingerprint density at radius 2 is 2.00 bits per heavy atom. The van der Waals surface area contributed by atoms with Crippen molar-refractivity contribution in [2.24, 2.45) is 0 Å². The summed E-state index contributed by atoms with van der Waals surface area (Å²) < 4.78 is 13.6. The molecule has 0 aliphatic heterocycles. The summed E-state index contributed by atoms with van der Waals surface area (Å²) in [4.78, 5) is 19.5. The molecule has 0 spiro atoms. The lowest BCUT2D eigenvalue weighted by molar-refractivity contribution is 0.0692. The van der Waals surface area contributed by atoms with Gasteiger partial charge < -0.3 is 10.4 Å². The van der Waals surface area contributed by atoms with Gasteiger partial charge in [0.05, 0.1) is 5.56 Å². The van der Waals surface area contributed by atoms with Crippen LogP contribution in [0.4, 0.5) is 15.9 Å². The second-order valence-corrected chi connectivity index (χ2v) is 5.03. The van der Waals surface area contributed by atoms with E-state index < -0.39 is 11.8 Å². The van der Waals surface area contributed by atoms with Crippen LogP contribution in [0.2, 0.25) is 0 Å². The largest absolute Gasteiger partial charge is 0.478 e. The zero-order valence-corrected chi connectivity index (χ0v) is 12.0. The number of carboxylic acids is 1. The second kappa shape index (κ2) is 5.87. The molecule has 0 saturated carbocycles. The Labute approximate surface area is 121 Å². The summed E-state index contributed by atoms with van der Waals surface area (Å²) in [5.41, 5.74) is 0.881. The third-order valence-electron chi connectivity index (χ3n) is 2.86. The van der Waals surface area contributed by atoms with Gasteiger partial charge in [0, 0.05) is 23.4 Å². The Hall–Kier alpha value is -2.50. The summed E-state index contributed by atoms with van der Waals surface area (Å²) in [6.07, 6.45) is 0. The fourth-order valence-electron chi connectivity index (χ4n) is 1.83. The maximum absolute atomic E-state index is 13.6. The van der Waals surface area contributed by atoms with Crippen molar-refractivity contribution >= 4 is 17.5 Å². The van der Waals surface area contributed by atoms with Crippen molar-refractivity contribution in [2.45, 2.75) is 26.7 Å². The first-order chi connectivity index (χ1) is 9.86. The van der Waals surface area contributed by atoms with Gasteiger partial charge in [0.15, 0.2) is 0 Å². The van der Waals surface area contributed by atoms with Gasteiger partial charge in [-0.25, -0.2) is 19.2 Å². The molecule has 1 aromatic carbocycles. The molecule has 0 radical (unpaired) electrons. The molecule has 0 fully saturated rings. The molecule has 1 heterocycles. The zero-order valence-electron chi connectivity index (χ0n) is 12.0. The van der Waals surface area contributed by atoms with Crippen molar-refractivity contribution in [3.63, 3.8) is 0 Å². The van der Waals surface area contributed by atoms with Gasteiger partial charge in [0.25, 0.3) is 0 Å². The summed E-state index contributed by atoms with van der Waals surface area (Å²) >= 11 is 0. The van der Waals surface area contributed by atoms with Crippen molar-refractivity contribution in [1.29, 1.82) is 0 Å². The number of carboxylic acid groups (broad SMARTS) is 1. The molecule has 2 N–H and O–H groups in total. The van der Waals surface area contributed by atoms with Crippen LogP contribution in [0.15, 0.2) is 24.3 Å². The molecule has 0 amide bonds. The molecule has 6 heteroatoms. The predicted octanol–water partition coefficient (Wildman–Crippen LogP) is 3.49. The lowest BCUT2D eigenvalue weighted by Crippen LogP contribution is -2.05. The number of nitrogens with zero attached hydrogens (tertiary/aromatic N) is 2. The smallest absolute Gasteiger partial charge is 0.338 e. The molecular formula is C15H16FN3O2. The predicted molar refractivity (Wildman–Crippen MR) is 77.5 cm³/mol. The third-order valence-corrected chi connectivity index (χ3v) is 2.86. The van der Waals surface area contributed by atoms with E-state index in [0.717, 1.165) is 11.8 Å². The van der Waals surface area contributed by atoms with Crippen LogP contribution in [-0.4, -0.2) is 21.0 Å². The van der Waals surface area contributed by atoms with Crippen LogP contribution in [0.1, 0.15) is 41.6 Å². The molecule has 1 aromatic heterocycles. The number of carbonyl (C=O) groups is 1. The highest BCUT2D eigenvalue weighted by molar-refractivity contribution is 5.88. The third kappa shape index (κ3) is 3.53. The molecule has 21 heavy (non-hydrogen) atoms. The van der Waals surface area contributed by atoms with Gasteiger partial charge in [0.2, 0.25) is 0 Å². The number of hydrogen-bond donors (Lipinski definition) is 2. The lowest BCUT2D eigenvalue weighted by atomic mass is 10.2. The minimum Gasteiger partial charge on any atom is -0.478 e. The number of benzene rings is 1. The number of nitrogens with one attached hydrogen (secondary N) is 1. The van der Waals surface area contributed by atoms with Crippen LogP contribution in [0.25, 0.3) is 0 Å². The fraction of sp³-hybridized carbons (Fsp3) is 0.267. The van der Waals surface area contributed by atoms with Crippen molar-refractivity contribution in [3.8, 4) is 0 Å². The highest BCUT2D eigenvalue weighted by atomic mass is 19.1. The van der Waals surface area contributed by atoms with Gasteiger partial charge in [-0.15, -0.1) is 0 Å². The summed E-state index contributed by atoms with van der Waals surface area (Å²) in [5.74, 6) is -0.660. The summed E-state index contributed by atoms with van der Waals surface area (Å²) in [7, 11) is 0. The Morgan fingerprint density at radius 1 is 1.29 bits per heavy atom. The summed E-state index contributed by atoms with van der Waals surface area (Å²) in [6.45, 7) is 5.83. The maximum Gasteiger partial charge on any atom is 0.338 e. The Kier molecular flexibility index (Phi) is 4.16. The van der Waals surface area contributed by atoms with Gasteiger partial charge in [-0.3, -0.25) is 0 Å². The molecule has 5 nitrogen and oxygen atoms in total. The van der Waals surface area contributed by atoms with Gasteiger partial charge >= 0.3 is 5.97 Å². The van der Waals surface area contributed by atoms with E-state index in [2.05, 4.69) is 15.3 Å². The Balaban J connectivity index is 2.30. The van der Waals surface area contributed by atoms with Gasteiger partial charge in [0.1, 0.15) is 17.5 Å². The Bertz CT molecular complexity index is 687. The molecule has 0 saturated heterocycles. The van der Waals surface area contributed by atoms with Gasteiger partial charge in [-0.1, -0.05) is 13.8 Å². The molecular weight excluding hydrogens is 273 g/mol. The minimum absolute atomic E-state index is 0.177. The lowest BCUT2D eigenvalue weighted by Gasteiger charge is -2.10. The molecule has 2 rings (SSSR count). The van der Waals surface area contributed by atoms with Crippen LogP contribution >= 0.6 is 0 Å². The van der Waals surface area contributed by atoms with Crippen molar-refractivity contribution in [3.05, 3.63) is 47.2 Å². The van der Waals surface area contributed by atoms with Gasteiger partial charge in [-0.2, -0.15) is 0 Å². The van der Waals surface area contributed by atoms with Crippen LogP contribution in [0.3, 0.4) is 0 Å². The van der Waals surface area contributed by atoms with Crippen molar-refractivity contribution in [2.75, 3.05) is 5.32 Å². The first-order valence-corrected chi connectivity index (χ1v) is 6.52. The number of aromatic nitrogens is 2. The molecule has 0 aliphatic rings. The first kappa shape index (κ1) is 14.9. The van der Waals surface area contributed by atoms with E-state index in [1.807, 2.05) is 20.8 Å². The monoisotopic (exact) mass is 289 g/mol. The molecule has 0 atom stereocenters. The topological polar surface area (TPSA) is 75.1 Å². The van der Waals surface area contributed by atoms with E-state index in [1.165, 1.54) is 12.1 Å². The van der Waals surface area contributed by atoms with Gasteiger partial charge in [-0.05, 0) is 25.1 Å². The van der Waals surface area contributed by atoms with Crippen LogP contribution in [0, 0.1) is 12.7 Å². The zero-order chi connectivity index (χ0) is 15.6. The molecule has 0 aliphatic carbocycles. The van der Waals surface area contributed by atoms with E-state index in [4.69, 9.17) is 5.11 Å². The molecule has 110 valence electrons. The van der Waals surface area contributed by atoms with E-state index in [0.29, 0.717) is 17.3 Å². The quantitative estimate of drug-likeness (QED) is 0.901. The molecule has 0 unspecified atom stereocenters. The maximum atomic E-state index is 13.6. The van der Waals surface area contributed by atoms with E-state index >= 15 is 0 Å². The second-order valence-electron chi connectivity index (χ2n) is 5.03. The van der Waals surface area contributed by atoms with E-state index in [1.54, 1.807) is 6.07 Å². The highest BCUT2D eigenvalue weighted by Gasteiger charge is 2.11. The van der Waals surface area contributed by atoms with E-state index in [-0.39, 0.29) is 11.5 Å². The number of halogens is 1. The van der Waals surface area contributed by atoms with Crippen molar-refractivity contribution < 1.29 is 14.3 Å². The fourth-order valence-corrected chi connectivity index (χ4v) is 1.83. The Morgan fingerprint density at radius 3 is 2.57 bits per heavy atom. The number of aryl methyl sites for hydroxylation is 1. The molecule has 2 aromatic rings. The average molecular weight is 289 g/mol. The number of rotatable bonds is 4. The molecule has 0 bridgehead atoms. The number of hydrogen-bond acceptors (Lipinski definition) is 4. The first-order valence-electron chi connectivity index (χ1n) is 6.52. The summed E-state index contributed by atoms with van der Waals surface area (Å²) in [6, 6.07) is 5.60. The minimum atomic E-state index is -1.29. The number of aromatic carboxylic acids is 1. The average Bonchev–Trinajstić information content (AvgIpc) is 2.37. The standard InChI is InChI=1S/C15H16FN3O2/c1-8(2)14-17-9(3)6-13(19-14)18-10-4-5-11(15(20)21)12(16)7-10/h4-8H,1-3H3,(H,20,21)(H,17,18,19). The summed E-state index contributed by atoms with van der Waals surface area (Å²) in [5, 5.41) is 11.8. The van der Waals surface area contributed by atoms with Crippen LogP contribution in [-0.2, 0) is 0 Å². The van der Waals surface area contributed by atoms with Crippen LogP contribution in [0.5, 0.6) is 0 Å².